The van der Waals surface area contributed by atoms with Gasteiger partial charge in [-0.25, -0.2) is 9.78 Å². The number of pyridine rings is 1. The van der Waals surface area contributed by atoms with Gasteiger partial charge in [0.1, 0.15) is 11.9 Å². The lowest BCUT2D eigenvalue weighted by atomic mass is 9.94. The summed E-state index contributed by atoms with van der Waals surface area (Å²) in [5.74, 6) is 0.484. The van der Waals surface area contributed by atoms with Crippen LogP contribution in [0.5, 0.6) is 0 Å². The van der Waals surface area contributed by atoms with Crippen molar-refractivity contribution in [2.75, 3.05) is 44.7 Å². The molecule has 2 aliphatic heterocycles. The van der Waals surface area contributed by atoms with Crippen molar-refractivity contribution in [2.24, 2.45) is 0 Å². The van der Waals surface area contributed by atoms with Crippen LogP contribution < -0.4 is 4.90 Å². The van der Waals surface area contributed by atoms with Crippen LogP contribution in [-0.2, 0) is 27.3 Å². The lowest BCUT2D eigenvalue weighted by molar-refractivity contribution is -0.154. The van der Waals surface area contributed by atoms with Gasteiger partial charge in [0.25, 0.3) is 0 Å². The maximum Gasteiger partial charge on any atom is 0.328 e. The fraction of sp³-hybridized carbons (Fsp3) is 0.409. The zero-order valence-electron chi connectivity index (χ0n) is 17.0. The van der Waals surface area contributed by atoms with Gasteiger partial charge in [0.05, 0.1) is 18.7 Å². The summed E-state index contributed by atoms with van der Waals surface area (Å²) in [5, 5.41) is 0.617. The van der Waals surface area contributed by atoms with Crippen LogP contribution in [-0.4, -0.2) is 72.5 Å². The monoisotopic (exact) mass is 428 g/mol. The molecule has 1 amide bonds. The van der Waals surface area contributed by atoms with Crippen LogP contribution in [0.1, 0.15) is 11.1 Å². The van der Waals surface area contributed by atoms with Gasteiger partial charge in [0, 0.05) is 45.3 Å². The Bertz CT molecular complexity index is 913. The first-order chi connectivity index (χ1) is 14.5. The van der Waals surface area contributed by atoms with Crippen molar-refractivity contribution in [3.05, 3.63) is 58.7 Å². The number of piperazine rings is 1. The van der Waals surface area contributed by atoms with Gasteiger partial charge in [-0.15, -0.1) is 0 Å². The smallest absolute Gasteiger partial charge is 0.328 e. The molecule has 8 heteroatoms. The van der Waals surface area contributed by atoms with E-state index in [-0.39, 0.29) is 18.4 Å². The second-order valence-corrected chi connectivity index (χ2v) is 8.07. The molecule has 0 saturated carbocycles. The van der Waals surface area contributed by atoms with Crippen LogP contribution in [0.3, 0.4) is 0 Å². The number of anilines is 1. The van der Waals surface area contributed by atoms with Crippen molar-refractivity contribution in [2.45, 2.75) is 19.0 Å². The van der Waals surface area contributed by atoms with E-state index in [1.165, 1.54) is 7.11 Å². The summed E-state index contributed by atoms with van der Waals surface area (Å²) in [7, 11) is 1.37. The van der Waals surface area contributed by atoms with Crippen molar-refractivity contribution in [1.82, 2.24) is 14.8 Å². The Labute approximate surface area is 181 Å². The number of carbonyl (C=O) groups excluding carboxylic acids is 2. The van der Waals surface area contributed by atoms with E-state index in [0.717, 1.165) is 43.1 Å². The molecule has 0 N–H and O–H groups in total. The summed E-state index contributed by atoms with van der Waals surface area (Å²) in [6, 6.07) is 11.1. The number of amides is 1. The number of hydrogen-bond donors (Lipinski definition) is 0. The Hall–Kier alpha value is -2.64. The molecular weight excluding hydrogens is 404 g/mol. The van der Waals surface area contributed by atoms with Crippen LogP contribution in [0.2, 0.25) is 5.02 Å². The van der Waals surface area contributed by atoms with E-state index < -0.39 is 6.04 Å². The minimum Gasteiger partial charge on any atom is -0.467 e. The average molecular weight is 429 g/mol. The summed E-state index contributed by atoms with van der Waals surface area (Å²) in [6.45, 7) is 3.80. The lowest BCUT2D eigenvalue weighted by Gasteiger charge is -2.38. The predicted molar refractivity (Wildman–Crippen MR) is 114 cm³/mol. The molecule has 0 aliphatic carbocycles. The number of halogens is 1. The molecule has 0 spiro atoms. The van der Waals surface area contributed by atoms with Gasteiger partial charge >= 0.3 is 5.97 Å². The molecule has 1 fully saturated rings. The number of ether oxygens (including phenoxy) is 1. The predicted octanol–water partition coefficient (Wildman–Crippen LogP) is 1.98. The SMILES string of the molecule is COC(=O)C1Cc2ccccc2CN1C(=O)CN1CCN(c2ccc(Cl)cn2)CC1. The minimum absolute atomic E-state index is 0.0435. The number of benzene rings is 1. The standard InChI is InChI=1S/C22H25ClN4O3/c1-30-22(29)19-12-16-4-2-3-5-17(16)14-27(19)21(28)15-25-8-10-26(11-9-25)20-7-6-18(23)13-24-20/h2-7,13,19H,8-12,14-15H2,1H3. The van der Waals surface area contributed by atoms with Crippen molar-refractivity contribution in [1.29, 1.82) is 0 Å². The minimum atomic E-state index is -0.572. The third-order valence-electron chi connectivity index (χ3n) is 5.81. The maximum absolute atomic E-state index is 13.1. The summed E-state index contributed by atoms with van der Waals surface area (Å²) in [4.78, 5) is 35.8. The number of nitrogens with zero attached hydrogens (tertiary/aromatic N) is 4. The zero-order valence-corrected chi connectivity index (χ0v) is 17.7. The molecule has 2 aliphatic rings. The highest BCUT2D eigenvalue weighted by Crippen LogP contribution is 2.24. The molecule has 1 aromatic heterocycles. The number of aromatic nitrogens is 1. The molecule has 1 saturated heterocycles. The number of rotatable bonds is 4. The van der Waals surface area contributed by atoms with Crippen LogP contribution in [0.4, 0.5) is 5.82 Å². The molecule has 30 heavy (non-hydrogen) atoms. The molecule has 158 valence electrons. The quantitative estimate of drug-likeness (QED) is 0.694. The lowest BCUT2D eigenvalue weighted by Crippen LogP contribution is -2.54. The molecule has 1 atom stereocenters. The van der Waals surface area contributed by atoms with E-state index in [9.17, 15) is 9.59 Å². The third kappa shape index (κ3) is 4.42. The number of esters is 1. The highest BCUT2D eigenvalue weighted by atomic mass is 35.5. The van der Waals surface area contributed by atoms with Crippen LogP contribution in [0, 0.1) is 0 Å². The van der Waals surface area contributed by atoms with E-state index in [2.05, 4.69) is 14.8 Å². The number of fused-ring (bicyclic) bond motifs is 1. The van der Waals surface area contributed by atoms with Gasteiger partial charge in [-0.2, -0.15) is 0 Å². The van der Waals surface area contributed by atoms with Gasteiger partial charge in [-0.3, -0.25) is 9.69 Å². The van der Waals surface area contributed by atoms with Gasteiger partial charge in [0.15, 0.2) is 0 Å². The third-order valence-corrected chi connectivity index (χ3v) is 6.03. The molecule has 4 rings (SSSR count). The van der Waals surface area contributed by atoms with Crippen molar-refractivity contribution in [3.8, 4) is 0 Å². The van der Waals surface area contributed by atoms with Gasteiger partial charge in [-0.05, 0) is 23.3 Å². The Balaban J connectivity index is 1.39. The molecule has 3 heterocycles. The molecule has 0 bridgehead atoms. The van der Waals surface area contributed by atoms with Crippen molar-refractivity contribution in [3.63, 3.8) is 0 Å². The van der Waals surface area contributed by atoms with Crippen LogP contribution in [0.25, 0.3) is 0 Å². The molecular formula is C22H25ClN4O3. The van der Waals surface area contributed by atoms with Crippen LogP contribution >= 0.6 is 11.6 Å². The summed E-state index contributed by atoms with van der Waals surface area (Å²) < 4.78 is 4.98. The number of carbonyl (C=O) groups is 2. The molecule has 7 nitrogen and oxygen atoms in total. The van der Waals surface area contributed by atoms with E-state index in [4.69, 9.17) is 16.3 Å². The normalized spacial score (nSPS) is 19.3. The summed E-state index contributed by atoms with van der Waals surface area (Å²) in [6.07, 6.45) is 2.14. The zero-order chi connectivity index (χ0) is 21.1. The summed E-state index contributed by atoms with van der Waals surface area (Å²) >= 11 is 5.92. The first kappa shape index (κ1) is 20.6. The second-order valence-electron chi connectivity index (χ2n) is 7.63. The van der Waals surface area contributed by atoms with Gasteiger partial charge < -0.3 is 14.5 Å². The van der Waals surface area contributed by atoms with Crippen LogP contribution in [0.15, 0.2) is 42.6 Å². The number of methoxy groups -OCH3 is 1. The molecule has 0 radical (unpaired) electrons. The number of hydrogen-bond acceptors (Lipinski definition) is 6. The Morgan fingerprint density at radius 1 is 1.10 bits per heavy atom. The van der Waals surface area contributed by atoms with Crippen molar-refractivity contribution >= 4 is 29.3 Å². The van der Waals surface area contributed by atoms with E-state index in [1.807, 2.05) is 36.4 Å². The van der Waals surface area contributed by atoms with E-state index in [1.54, 1.807) is 11.1 Å². The Morgan fingerprint density at radius 2 is 1.83 bits per heavy atom. The van der Waals surface area contributed by atoms with E-state index in [0.29, 0.717) is 18.0 Å². The first-order valence-corrected chi connectivity index (χ1v) is 10.5. The van der Waals surface area contributed by atoms with Crippen molar-refractivity contribution < 1.29 is 14.3 Å². The fourth-order valence-corrected chi connectivity index (χ4v) is 4.22. The Kier molecular flexibility index (Phi) is 6.20. The summed E-state index contributed by atoms with van der Waals surface area (Å²) in [5.41, 5.74) is 2.19. The highest BCUT2D eigenvalue weighted by molar-refractivity contribution is 6.30. The van der Waals surface area contributed by atoms with E-state index >= 15 is 0 Å². The topological polar surface area (TPSA) is 66.0 Å². The van der Waals surface area contributed by atoms with Gasteiger partial charge in [-0.1, -0.05) is 35.9 Å². The largest absolute Gasteiger partial charge is 0.467 e. The maximum atomic E-state index is 13.1. The average Bonchev–Trinajstić information content (AvgIpc) is 2.78. The first-order valence-electron chi connectivity index (χ1n) is 10.1. The highest BCUT2D eigenvalue weighted by Gasteiger charge is 2.36. The second kappa shape index (κ2) is 9.02. The fourth-order valence-electron chi connectivity index (χ4n) is 4.10. The Morgan fingerprint density at radius 3 is 2.50 bits per heavy atom. The van der Waals surface area contributed by atoms with Gasteiger partial charge in [0.2, 0.25) is 5.91 Å². The molecule has 1 unspecified atom stereocenters. The molecule has 2 aromatic rings. The molecule has 1 aromatic carbocycles.